The maximum absolute atomic E-state index is 10.6. The molecule has 13 heteroatoms. The first kappa shape index (κ1) is 25.1. The van der Waals surface area contributed by atoms with Crippen LogP contribution in [0.2, 0.25) is 0 Å². The lowest BCUT2D eigenvalue weighted by Crippen LogP contribution is -2.47. The normalized spacial score (nSPS) is 15.5. The zero-order valence-electron chi connectivity index (χ0n) is 13.3. The number of aliphatic hydroxyl groups is 2. The third-order valence-corrected chi connectivity index (χ3v) is 3.29. The van der Waals surface area contributed by atoms with Crippen LogP contribution in [-0.4, -0.2) is 67.5 Å². The monoisotopic (exact) mass is 386 g/mol. The molecule has 0 aliphatic heterocycles. The van der Waals surface area contributed by atoms with Crippen LogP contribution in [0.4, 0.5) is 0 Å². The molecule has 0 aliphatic rings. The minimum Gasteiger partial charge on any atom is -0.593 e. The third kappa shape index (κ3) is 9.67. The summed E-state index contributed by atoms with van der Waals surface area (Å²) in [5.74, 6) is -6.76. The molecule has 0 radical (unpaired) electrons. The third-order valence-electron chi connectivity index (χ3n) is 2.95. The summed E-state index contributed by atoms with van der Waals surface area (Å²) in [5.41, 5.74) is -2.16. The lowest BCUT2D eigenvalue weighted by atomic mass is 9.86. The van der Waals surface area contributed by atoms with Gasteiger partial charge in [-0.05, 0) is 13.3 Å². The Morgan fingerprint density at radius 2 is 1.68 bits per heavy atom. The van der Waals surface area contributed by atoms with E-state index in [0.29, 0.717) is 0 Å². The molecule has 0 spiro atoms. The molecule has 0 rings (SSSR count). The van der Waals surface area contributed by atoms with Crippen LogP contribution in [0.5, 0.6) is 0 Å². The number of carbonyl (C=O) groups excluding carboxylic acids is 1. The number of aliphatic carboxylic acids is 3. The highest BCUT2D eigenvalue weighted by Crippen LogP contribution is 2.21. The van der Waals surface area contributed by atoms with Crippen LogP contribution in [0.25, 0.3) is 0 Å². The standard InChI is InChI=1S/C7H12O5.C5H7O7P/c1-3-7(12,6(10)11)4(2)5(8)9;6-3(1-4(7)8)5(9)12-2-13(10)11/h4,12H,3H2,1-2H3,(H,8,9)(H,10,11);3,6H,1-2H2,(H,7,8). The summed E-state index contributed by atoms with van der Waals surface area (Å²) in [6.45, 7) is 2.59. The fourth-order valence-electron chi connectivity index (χ4n) is 1.31. The fourth-order valence-corrected chi connectivity index (χ4v) is 1.54. The minimum absolute atomic E-state index is 0.129. The molecular weight excluding hydrogens is 367 g/mol. The lowest BCUT2D eigenvalue weighted by Gasteiger charge is -2.25. The molecule has 5 N–H and O–H groups in total. The van der Waals surface area contributed by atoms with Crippen LogP contribution in [0.1, 0.15) is 26.7 Å². The second kappa shape index (κ2) is 11.4. The van der Waals surface area contributed by atoms with Gasteiger partial charge in [-0.3, -0.25) is 9.59 Å². The average Bonchev–Trinajstić information content (AvgIpc) is 2.50. The van der Waals surface area contributed by atoms with Crippen molar-refractivity contribution in [3.63, 3.8) is 0 Å². The van der Waals surface area contributed by atoms with Gasteiger partial charge in [0.05, 0.1) is 12.3 Å². The summed E-state index contributed by atoms with van der Waals surface area (Å²) < 4.78 is 13.9. The molecule has 0 amide bonds. The summed E-state index contributed by atoms with van der Waals surface area (Å²) >= 11 is 0. The van der Waals surface area contributed by atoms with Crippen LogP contribution in [0.15, 0.2) is 0 Å². The van der Waals surface area contributed by atoms with Crippen LogP contribution < -0.4 is 4.89 Å². The van der Waals surface area contributed by atoms with E-state index in [1.54, 1.807) is 0 Å². The number of hydrogen-bond acceptors (Lipinski definition) is 9. The Kier molecular flexibility index (Phi) is 11.5. The largest absolute Gasteiger partial charge is 0.593 e. The number of carboxylic acids is 3. The van der Waals surface area contributed by atoms with Gasteiger partial charge in [-0.1, -0.05) is 11.5 Å². The van der Waals surface area contributed by atoms with E-state index in [4.69, 9.17) is 20.4 Å². The molecule has 4 unspecified atom stereocenters. The summed E-state index contributed by atoms with van der Waals surface area (Å²) in [6, 6.07) is 0. The Balaban J connectivity index is 0. The summed E-state index contributed by atoms with van der Waals surface area (Å²) in [4.78, 5) is 51.3. The molecular formula is C12H19O12P. The molecule has 4 atom stereocenters. The van der Waals surface area contributed by atoms with Gasteiger partial charge in [0.1, 0.15) is 0 Å². The number of esters is 1. The minimum atomic E-state index is -2.88. The van der Waals surface area contributed by atoms with Crippen LogP contribution in [0, 0.1) is 5.92 Å². The van der Waals surface area contributed by atoms with Crippen molar-refractivity contribution >= 4 is 31.9 Å². The highest BCUT2D eigenvalue weighted by molar-refractivity contribution is 7.36. The van der Waals surface area contributed by atoms with E-state index in [0.717, 1.165) is 0 Å². The molecule has 0 fully saturated rings. The summed E-state index contributed by atoms with van der Waals surface area (Å²) in [6.07, 6.45) is -3.62. The molecule has 0 aliphatic carbocycles. The second-order valence-electron chi connectivity index (χ2n) is 4.68. The van der Waals surface area contributed by atoms with E-state index in [9.17, 15) is 33.7 Å². The van der Waals surface area contributed by atoms with Gasteiger partial charge in [0.2, 0.25) is 0 Å². The maximum Gasteiger partial charge on any atom is 0.350 e. The quantitative estimate of drug-likeness (QED) is 0.222. The number of carbonyl (C=O) groups is 4. The van der Waals surface area contributed by atoms with Crippen molar-refractivity contribution in [2.45, 2.75) is 38.4 Å². The van der Waals surface area contributed by atoms with E-state index in [2.05, 4.69) is 4.74 Å². The van der Waals surface area contributed by atoms with E-state index in [-0.39, 0.29) is 6.42 Å². The summed E-state index contributed by atoms with van der Waals surface area (Å²) in [5, 5.41) is 43.2. The number of rotatable bonds is 9. The smallest absolute Gasteiger partial charge is 0.350 e. The first-order valence-electron chi connectivity index (χ1n) is 6.66. The van der Waals surface area contributed by atoms with Crippen molar-refractivity contribution < 1.29 is 58.9 Å². The van der Waals surface area contributed by atoms with Gasteiger partial charge in [-0.15, -0.1) is 0 Å². The van der Waals surface area contributed by atoms with Crippen molar-refractivity contribution in [2.75, 3.05) is 6.35 Å². The van der Waals surface area contributed by atoms with Gasteiger partial charge in [0, 0.05) is 0 Å². The molecule has 0 heterocycles. The van der Waals surface area contributed by atoms with Crippen molar-refractivity contribution in [3.8, 4) is 0 Å². The first-order chi connectivity index (χ1) is 11.3. The molecule has 0 saturated carbocycles. The molecule has 0 aromatic rings. The molecule has 0 saturated heterocycles. The van der Waals surface area contributed by atoms with Crippen molar-refractivity contribution in [1.82, 2.24) is 0 Å². The highest BCUT2D eigenvalue weighted by atomic mass is 31.1. The lowest BCUT2D eigenvalue weighted by molar-refractivity contribution is -0.174. The van der Waals surface area contributed by atoms with E-state index >= 15 is 0 Å². The average molecular weight is 386 g/mol. The Morgan fingerprint density at radius 3 is 1.92 bits per heavy atom. The first-order valence-corrected chi connectivity index (χ1v) is 8.02. The number of hydrogen-bond donors (Lipinski definition) is 5. The van der Waals surface area contributed by atoms with Crippen molar-refractivity contribution in [3.05, 3.63) is 0 Å². The Labute approximate surface area is 142 Å². The van der Waals surface area contributed by atoms with Crippen LogP contribution in [-0.2, 0) is 28.5 Å². The van der Waals surface area contributed by atoms with E-state index < -0.39 is 62.3 Å². The Morgan fingerprint density at radius 1 is 1.20 bits per heavy atom. The highest BCUT2D eigenvalue weighted by Gasteiger charge is 2.43. The topological polar surface area (TPSA) is 219 Å². The predicted octanol–water partition coefficient (Wildman–Crippen LogP) is -1.64. The SMILES string of the molecule is CCC(O)(C(=O)O)C(C)C(=O)O.O=C(O)CC(O)C(=O)OC[P+](=O)[O-]. The molecule has 25 heavy (non-hydrogen) atoms. The number of ether oxygens (including phenoxy) is 1. The van der Waals surface area contributed by atoms with E-state index in [1.165, 1.54) is 13.8 Å². The van der Waals surface area contributed by atoms with Gasteiger partial charge in [0.25, 0.3) is 6.35 Å². The fraction of sp³-hybridized carbons (Fsp3) is 0.667. The van der Waals surface area contributed by atoms with Crippen LogP contribution >= 0.6 is 8.03 Å². The van der Waals surface area contributed by atoms with Crippen molar-refractivity contribution in [1.29, 1.82) is 0 Å². The number of aliphatic hydroxyl groups excluding tert-OH is 1. The zero-order chi connectivity index (χ0) is 20.4. The summed E-state index contributed by atoms with van der Waals surface area (Å²) in [7, 11) is -2.88. The van der Waals surface area contributed by atoms with Gasteiger partial charge >= 0.3 is 31.9 Å². The molecule has 0 bridgehead atoms. The van der Waals surface area contributed by atoms with Gasteiger partial charge in [0.15, 0.2) is 11.7 Å². The van der Waals surface area contributed by atoms with E-state index in [1.807, 2.05) is 0 Å². The van der Waals surface area contributed by atoms with Gasteiger partial charge < -0.3 is 35.2 Å². The molecule has 0 aromatic carbocycles. The molecule has 144 valence electrons. The molecule has 12 nitrogen and oxygen atoms in total. The predicted molar refractivity (Wildman–Crippen MR) is 76.5 cm³/mol. The Bertz CT molecular complexity index is 518. The zero-order valence-corrected chi connectivity index (χ0v) is 14.2. The maximum atomic E-state index is 10.6. The van der Waals surface area contributed by atoms with Crippen LogP contribution in [0.3, 0.4) is 0 Å². The van der Waals surface area contributed by atoms with Gasteiger partial charge in [-0.25, -0.2) is 9.59 Å². The second-order valence-corrected chi connectivity index (χ2v) is 5.61. The Hall–Kier alpha value is -2.14. The number of carboxylic acid groups (broad SMARTS) is 3. The molecule has 0 aromatic heterocycles. The van der Waals surface area contributed by atoms with Gasteiger partial charge in [-0.2, -0.15) is 0 Å². The van der Waals surface area contributed by atoms with Crippen molar-refractivity contribution in [2.24, 2.45) is 5.92 Å².